The molecule has 1 unspecified atom stereocenters. The van der Waals surface area contributed by atoms with Gasteiger partial charge in [0.1, 0.15) is 0 Å². The molecule has 2 heterocycles. The van der Waals surface area contributed by atoms with Gasteiger partial charge >= 0.3 is 0 Å². The van der Waals surface area contributed by atoms with Gasteiger partial charge in [-0.25, -0.2) is 0 Å². The zero-order valence-corrected chi connectivity index (χ0v) is 11.3. The molecule has 0 saturated carbocycles. The second-order valence-electron chi connectivity index (χ2n) is 5.51. The van der Waals surface area contributed by atoms with Crippen LogP contribution in [0.4, 0.5) is 0 Å². The summed E-state index contributed by atoms with van der Waals surface area (Å²) in [7, 11) is 0. The third-order valence-corrected chi connectivity index (χ3v) is 3.97. The van der Waals surface area contributed by atoms with Gasteiger partial charge in [0.2, 0.25) is 0 Å². The Morgan fingerprint density at radius 1 is 1.18 bits per heavy atom. The topological polar surface area (TPSA) is 27.7 Å². The van der Waals surface area contributed by atoms with Crippen LogP contribution in [0.25, 0.3) is 0 Å². The molecule has 1 atom stereocenters. The van der Waals surface area contributed by atoms with Crippen LogP contribution < -0.4 is 5.32 Å². The number of morpholine rings is 1. The van der Waals surface area contributed by atoms with E-state index in [9.17, 15) is 0 Å². The molecule has 2 aliphatic rings. The van der Waals surface area contributed by atoms with Crippen molar-refractivity contribution in [3.05, 3.63) is 0 Å². The first-order valence-corrected chi connectivity index (χ1v) is 7.02. The van der Waals surface area contributed by atoms with Crippen LogP contribution in [-0.2, 0) is 4.74 Å². The fourth-order valence-corrected chi connectivity index (χ4v) is 2.80. The first-order valence-electron chi connectivity index (χ1n) is 7.02. The highest BCUT2D eigenvalue weighted by molar-refractivity contribution is 4.82. The zero-order valence-electron chi connectivity index (χ0n) is 11.3. The highest BCUT2D eigenvalue weighted by Crippen LogP contribution is 2.12. The Hall–Kier alpha value is -0.160. The molecule has 0 radical (unpaired) electrons. The van der Waals surface area contributed by atoms with E-state index in [2.05, 4.69) is 29.0 Å². The summed E-state index contributed by atoms with van der Waals surface area (Å²) in [5.41, 5.74) is 0. The van der Waals surface area contributed by atoms with Crippen LogP contribution in [0.5, 0.6) is 0 Å². The predicted molar refractivity (Wildman–Crippen MR) is 70.3 cm³/mol. The summed E-state index contributed by atoms with van der Waals surface area (Å²) in [6.45, 7) is 14.6. The van der Waals surface area contributed by atoms with E-state index in [1.54, 1.807) is 0 Å². The molecule has 0 bridgehead atoms. The third kappa shape index (κ3) is 3.91. The highest BCUT2D eigenvalue weighted by atomic mass is 16.5. The van der Waals surface area contributed by atoms with Gasteiger partial charge in [0, 0.05) is 51.9 Å². The Morgan fingerprint density at radius 3 is 2.65 bits per heavy atom. The van der Waals surface area contributed by atoms with Crippen molar-refractivity contribution < 1.29 is 4.74 Å². The van der Waals surface area contributed by atoms with Gasteiger partial charge in [-0.3, -0.25) is 9.80 Å². The second-order valence-corrected chi connectivity index (χ2v) is 5.51. The summed E-state index contributed by atoms with van der Waals surface area (Å²) in [6, 6.07) is 0.713. The largest absolute Gasteiger partial charge is 0.379 e. The smallest absolute Gasteiger partial charge is 0.0594 e. The van der Waals surface area contributed by atoms with E-state index in [-0.39, 0.29) is 0 Å². The Morgan fingerprint density at radius 2 is 1.94 bits per heavy atom. The lowest BCUT2D eigenvalue weighted by Crippen LogP contribution is -2.55. The van der Waals surface area contributed by atoms with Crippen LogP contribution in [-0.4, -0.2) is 74.9 Å². The summed E-state index contributed by atoms with van der Waals surface area (Å²) in [4.78, 5) is 5.19. The number of nitrogens with one attached hydrogen (secondary N) is 1. The first kappa shape index (κ1) is 13.3. The summed E-state index contributed by atoms with van der Waals surface area (Å²) in [5, 5.41) is 3.51. The van der Waals surface area contributed by atoms with E-state index in [0.29, 0.717) is 6.04 Å². The van der Waals surface area contributed by atoms with Crippen molar-refractivity contribution in [3.63, 3.8) is 0 Å². The Labute approximate surface area is 105 Å². The minimum Gasteiger partial charge on any atom is -0.379 e. The molecule has 2 rings (SSSR count). The fraction of sp³-hybridized carbons (Fsp3) is 1.00. The van der Waals surface area contributed by atoms with E-state index in [0.717, 1.165) is 45.3 Å². The van der Waals surface area contributed by atoms with Crippen molar-refractivity contribution in [2.24, 2.45) is 5.92 Å². The quantitative estimate of drug-likeness (QED) is 0.763. The number of piperazine rings is 1. The molecule has 17 heavy (non-hydrogen) atoms. The van der Waals surface area contributed by atoms with Crippen molar-refractivity contribution in [1.82, 2.24) is 15.1 Å². The molecule has 0 aliphatic carbocycles. The second kappa shape index (κ2) is 6.69. The zero-order chi connectivity index (χ0) is 12.1. The third-order valence-electron chi connectivity index (χ3n) is 3.97. The van der Waals surface area contributed by atoms with Crippen LogP contribution in [0.2, 0.25) is 0 Å². The highest BCUT2D eigenvalue weighted by Gasteiger charge is 2.25. The first-order chi connectivity index (χ1) is 8.27. The van der Waals surface area contributed by atoms with E-state index < -0.39 is 0 Å². The minimum atomic E-state index is 0.713. The van der Waals surface area contributed by atoms with Gasteiger partial charge in [-0.1, -0.05) is 13.8 Å². The van der Waals surface area contributed by atoms with Crippen LogP contribution in [0.15, 0.2) is 0 Å². The SMILES string of the molecule is CC(C)C1CNCCN1CCN1CCOCC1. The molecular weight excluding hydrogens is 214 g/mol. The average Bonchev–Trinajstić information content (AvgIpc) is 2.38. The molecule has 0 spiro atoms. The van der Waals surface area contributed by atoms with Gasteiger partial charge < -0.3 is 10.1 Å². The summed E-state index contributed by atoms with van der Waals surface area (Å²) < 4.78 is 5.39. The van der Waals surface area contributed by atoms with Crippen LogP contribution in [0.1, 0.15) is 13.8 Å². The molecule has 100 valence electrons. The minimum absolute atomic E-state index is 0.713. The molecule has 0 amide bonds. The molecule has 0 aromatic carbocycles. The Balaban J connectivity index is 1.75. The molecule has 4 nitrogen and oxygen atoms in total. The van der Waals surface area contributed by atoms with E-state index in [1.807, 2.05) is 0 Å². The van der Waals surface area contributed by atoms with E-state index in [4.69, 9.17) is 4.74 Å². The van der Waals surface area contributed by atoms with Crippen LogP contribution in [0, 0.1) is 5.92 Å². The van der Waals surface area contributed by atoms with Gasteiger partial charge in [0.25, 0.3) is 0 Å². The molecule has 0 aromatic heterocycles. The number of hydrogen-bond donors (Lipinski definition) is 1. The summed E-state index contributed by atoms with van der Waals surface area (Å²) in [6.07, 6.45) is 0. The van der Waals surface area contributed by atoms with E-state index >= 15 is 0 Å². The van der Waals surface area contributed by atoms with E-state index in [1.165, 1.54) is 19.6 Å². The average molecular weight is 241 g/mol. The Bertz CT molecular complexity index is 217. The number of ether oxygens (including phenoxy) is 1. The summed E-state index contributed by atoms with van der Waals surface area (Å²) in [5.74, 6) is 0.743. The van der Waals surface area contributed by atoms with Gasteiger partial charge in [-0.2, -0.15) is 0 Å². The molecule has 0 aromatic rings. The summed E-state index contributed by atoms with van der Waals surface area (Å²) >= 11 is 0. The number of nitrogens with zero attached hydrogens (tertiary/aromatic N) is 2. The van der Waals surface area contributed by atoms with Crippen LogP contribution in [0.3, 0.4) is 0 Å². The van der Waals surface area contributed by atoms with Crippen molar-refractivity contribution in [3.8, 4) is 0 Å². The van der Waals surface area contributed by atoms with Gasteiger partial charge in [-0.05, 0) is 5.92 Å². The monoisotopic (exact) mass is 241 g/mol. The van der Waals surface area contributed by atoms with Crippen LogP contribution >= 0.6 is 0 Å². The molecule has 4 heteroatoms. The Kier molecular flexibility index (Phi) is 5.22. The lowest BCUT2D eigenvalue weighted by Gasteiger charge is -2.40. The number of rotatable bonds is 4. The standard InChI is InChI=1S/C13H27N3O/c1-12(2)13-11-14-3-4-16(13)6-5-15-7-9-17-10-8-15/h12-14H,3-11H2,1-2H3. The van der Waals surface area contributed by atoms with Gasteiger partial charge in [0.15, 0.2) is 0 Å². The van der Waals surface area contributed by atoms with Crippen molar-refractivity contribution in [2.75, 3.05) is 59.0 Å². The lowest BCUT2D eigenvalue weighted by atomic mass is 10.0. The fourth-order valence-electron chi connectivity index (χ4n) is 2.80. The van der Waals surface area contributed by atoms with Crippen molar-refractivity contribution in [2.45, 2.75) is 19.9 Å². The van der Waals surface area contributed by atoms with Gasteiger partial charge in [0.05, 0.1) is 13.2 Å². The molecule has 2 fully saturated rings. The van der Waals surface area contributed by atoms with Gasteiger partial charge in [-0.15, -0.1) is 0 Å². The maximum absolute atomic E-state index is 5.39. The van der Waals surface area contributed by atoms with Crippen molar-refractivity contribution >= 4 is 0 Å². The maximum Gasteiger partial charge on any atom is 0.0594 e. The molecule has 2 saturated heterocycles. The molecule has 2 aliphatic heterocycles. The van der Waals surface area contributed by atoms with Crippen molar-refractivity contribution in [1.29, 1.82) is 0 Å². The predicted octanol–water partition coefficient (Wildman–Crippen LogP) is 0.248. The normalized spacial score (nSPS) is 28.8. The maximum atomic E-state index is 5.39. The lowest BCUT2D eigenvalue weighted by molar-refractivity contribution is 0.0267. The molecule has 1 N–H and O–H groups in total. The number of hydrogen-bond acceptors (Lipinski definition) is 4. The molecular formula is C13H27N3O.